The summed E-state index contributed by atoms with van der Waals surface area (Å²) in [5, 5.41) is 3.40. The quantitative estimate of drug-likeness (QED) is 0.287. The number of hydrogen-bond donors (Lipinski definition) is 1. The van der Waals surface area contributed by atoms with Gasteiger partial charge in [0.25, 0.3) is 0 Å². The van der Waals surface area contributed by atoms with E-state index in [1.165, 1.54) is 0 Å². The highest BCUT2D eigenvalue weighted by Crippen LogP contribution is 2.31. The summed E-state index contributed by atoms with van der Waals surface area (Å²) in [6.07, 6.45) is 0.193. The molecule has 0 saturated carbocycles. The number of halogens is 6. The Labute approximate surface area is 197 Å². The van der Waals surface area contributed by atoms with E-state index >= 15 is 0 Å². The highest BCUT2D eigenvalue weighted by atomic mass is 35.5. The van der Waals surface area contributed by atoms with Crippen LogP contribution in [-0.4, -0.2) is 32.1 Å². The molecule has 3 aromatic rings. The van der Waals surface area contributed by atoms with E-state index in [2.05, 4.69) is 5.32 Å². The maximum absolute atomic E-state index is 14.1. The van der Waals surface area contributed by atoms with E-state index < -0.39 is 34.8 Å². The third-order valence-electron chi connectivity index (χ3n) is 5.58. The minimum absolute atomic E-state index is 0.0674. The largest absolute Gasteiger partial charge is 0.368 e. The van der Waals surface area contributed by atoms with Crippen molar-refractivity contribution in [3.63, 3.8) is 0 Å². The Morgan fingerprint density at radius 2 is 1.24 bits per heavy atom. The van der Waals surface area contributed by atoms with Crippen molar-refractivity contribution in [1.82, 2.24) is 0 Å². The van der Waals surface area contributed by atoms with Gasteiger partial charge in [0.05, 0.1) is 6.42 Å². The van der Waals surface area contributed by atoms with Gasteiger partial charge >= 0.3 is 0 Å². The number of nitrogens with one attached hydrogen (secondary N) is 1. The van der Waals surface area contributed by atoms with Crippen LogP contribution in [0, 0.1) is 29.1 Å². The molecule has 1 fully saturated rings. The van der Waals surface area contributed by atoms with Crippen LogP contribution in [0.1, 0.15) is 5.56 Å². The zero-order valence-electron chi connectivity index (χ0n) is 17.7. The first-order chi connectivity index (χ1) is 16.2. The van der Waals surface area contributed by atoms with Gasteiger partial charge in [0.15, 0.2) is 23.3 Å². The summed E-state index contributed by atoms with van der Waals surface area (Å²) in [6, 6.07) is 14.0. The number of piperazine rings is 1. The molecule has 0 bridgehead atoms. The fraction of sp³-hybridized carbons (Fsp3) is 0.208. The summed E-state index contributed by atoms with van der Waals surface area (Å²) >= 11 is 5.84. The van der Waals surface area contributed by atoms with E-state index in [0.717, 1.165) is 16.2 Å². The lowest BCUT2D eigenvalue weighted by molar-refractivity contribution is -0.115. The lowest BCUT2D eigenvalue weighted by Crippen LogP contribution is -2.47. The number of anilines is 3. The van der Waals surface area contributed by atoms with E-state index in [9.17, 15) is 26.7 Å². The third-order valence-corrected chi connectivity index (χ3v) is 5.83. The van der Waals surface area contributed by atoms with E-state index in [4.69, 9.17) is 11.6 Å². The molecule has 0 radical (unpaired) electrons. The molecular formula is C24H19ClF5N3O. The smallest absolute Gasteiger partial charge is 0.228 e. The van der Waals surface area contributed by atoms with Crippen molar-refractivity contribution in [2.75, 3.05) is 41.3 Å². The average Bonchev–Trinajstić information content (AvgIpc) is 2.84. The molecule has 1 aliphatic rings. The van der Waals surface area contributed by atoms with Gasteiger partial charge in [0.2, 0.25) is 11.7 Å². The second kappa shape index (κ2) is 9.89. The van der Waals surface area contributed by atoms with E-state index in [0.29, 0.717) is 23.8 Å². The molecule has 34 heavy (non-hydrogen) atoms. The molecule has 1 saturated heterocycles. The van der Waals surface area contributed by atoms with Crippen LogP contribution in [-0.2, 0) is 11.2 Å². The Bertz CT molecular complexity index is 1170. The summed E-state index contributed by atoms with van der Waals surface area (Å²) in [5.41, 5.74) is 1.32. The van der Waals surface area contributed by atoms with Gasteiger partial charge in [-0.15, -0.1) is 0 Å². The molecule has 3 aromatic carbocycles. The maximum atomic E-state index is 14.1. The molecule has 10 heteroatoms. The van der Waals surface area contributed by atoms with Crippen molar-refractivity contribution in [2.24, 2.45) is 0 Å². The topological polar surface area (TPSA) is 35.6 Å². The average molecular weight is 496 g/mol. The summed E-state index contributed by atoms with van der Waals surface area (Å²) < 4.78 is 68.6. The second-order valence-corrected chi connectivity index (χ2v) is 8.23. The maximum Gasteiger partial charge on any atom is 0.228 e. The fourth-order valence-corrected chi connectivity index (χ4v) is 3.93. The first-order valence-electron chi connectivity index (χ1n) is 10.4. The summed E-state index contributed by atoms with van der Waals surface area (Å²) in [5.74, 6) is -9.92. The zero-order valence-corrected chi connectivity index (χ0v) is 18.5. The number of nitrogens with zero attached hydrogens (tertiary/aromatic N) is 2. The molecule has 1 amide bonds. The molecule has 4 rings (SSSR count). The van der Waals surface area contributed by atoms with E-state index in [1.807, 2.05) is 4.90 Å². The number of amides is 1. The molecule has 0 aliphatic carbocycles. The third kappa shape index (κ3) is 4.94. The van der Waals surface area contributed by atoms with Crippen molar-refractivity contribution in [3.8, 4) is 0 Å². The van der Waals surface area contributed by atoms with Crippen molar-refractivity contribution in [2.45, 2.75) is 6.42 Å². The Hall–Kier alpha value is -3.33. The molecule has 1 heterocycles. The van der Waals surface area contributed by atoms with Crippen LogP contribution >= 0.6 is 11.6 Å². The van der Waals surface area contributed by atoms with Gasteiger partial charge in [0.1, 0.15) is 5.69 Å². The van der Waals surface area contributed by atoms with Gasteiger partial charge in [-0.2, -0.15) is 0 Å². The number of carbonyl (C=O) groups is 1. The summed E-state index contributed by atoms with van der Waals surface area (Å²) in [7, 11) is 0. The zero-order chi connectivity index (χ0) is 24.4. The summed E-state index contributed by atoms with van der Waals surface area (Å²) in [6.45, 7) is 0.749. The van der Waals surface area contributed by atoms with Crippen LogP contribution in [0.25, 0.3) is 0 Å². The highest BCUT2D eigenvalue weighted by molar-refractivity contribution is 6.30. The molecular weight excluding hydrogens is 477 g/mol. The van der Waals surface area contributed by atoms with Crippen molar-refractivity contribution >= 4 is 34.6 Å². The van der Waals surface area contributed by atoms with E-state index in [1.54, 1.807) is 48.5 Å². The fourth-order valence-electron chi connectivity index (χ4n) is 3.81. The highest BCUT2D eigenvalue weighted by Gasteiger charge is 2.30. The molecule has 178 valence electrons. The van der Waals surface area contributed by atoms with Gasteiger partial charge in [-0.25, -0.2) is 22.0 Å². The van der Waals surface area contributed by atoms with Crippen LogP contribution in [0.2, 0.25) is 5.02 Å². The molecule has 1 aliphatic heterocycles. The van der Waals surface area contributed by atoms with Crippen LogP contribution in [0.15, 0.2) is 48.5 Å². The Kier molecular flexibility index (Phi) is 6.92. The van der Waals surface area contributed by atoms with Crippen LogP contribution in [0.3, 0.4) is 0 Å². The van der Waals surface area contributed by atoms with E-state index in [-0.39, 0.29) is 25.4 Å². The molecule has 1 N–H and O–H groups in total. The predicted molar refractivity (Wildman–Crippen MR) is 121 cm³/mol. The Balaban J connectivity index is 1.36. The minimum atomic E-state index is -2.17. The van der Waals surface area contributed by atoms with Gasteiger partial charge in [-0.1, -0.05) is 23.7 Å². The molecule has 0 atom stereocenters. The molecule has 0 aromatic heterocycles. The second-order valence-electron chi connectivity index (χ2n) is 7.79. The SMILES string of the molecule is O=C(Cc1ccc(Cl)cc1)Nc1ccc(N2CCN(c3c(F)c(F)c(F)c(F)c3F)CC2)cc1. The van der Waals surface area contributed by atoms with Crippen molar-refractivity contribution < 1.29 is 26.7 Å². The monoisotopic (exact) mass is 495 g/mol. The van der Waals surface area contributed by atoms with Crippen LogP contribution in [0.5, 0.6) is 0 Å². The first kappa shape index (κ1) is 23.8. The molecule has 0 spiro atoms. The standard InChI is InChI=1S/C24H19ClF5N3O/c25-15-3-1-14(2-4-15)13-18(34)31-16-5-7-17(8-6-16)32-9-11-33(12-10-32)24-22(29)20(27)19(26)21(28)23(24)30/h1-8H,9-13H2,(H,31,34). The van der Waals surface area contributed by atoms with Gasteiger partial charge in [-0.05, 0) is 42.0 Å². The first-order valence-corrected chi connectivity index (χ1v) is 10.8. The number of carbonyl (C=O) groups excluding carboxylic acids is 1. The summed E-state index contributed by atoms with van der Waals surface area (Å²) in [4.78, 5) is 15.3. The number of rotatable bonds is 5. The van der Waals surface area contributed by atoms with Crippen molar-refractivity contribution in [3.05, 3.63) is 88.2 Å². The molecule has 4 nitrogen and oxygen atoms in total. The lowest BCUT2D eigenvalue weighted by atomic mass is 10.1. The van der Waals surface area contributed by atoms with Gasteiger partial charge in [-0.3, -0.25) is 4.79 Å². The normalized spacial score (nSPS) is 13.8. The van der Waals surface area contributed by atoms with Gasteiger partial charge in [0, 0.05) is 42.6 Å². The van der Waals surface area contributed by atoms with Gasteiger partial charge < -0.3 is 15.1 Å². The minimum Gasteiger partial charge on any atom is -0.368 e. The Morgan fingerprint density at radius 3 is 1.79 bits per heavy atom. The van der Waals surface area contributed by atoms with Crippen LogP contribution < -0.4 is 15.1 Å². The number of hydrogen-bond acceptors (Lipinski definition) is 3. The molecule has 0 unspecified atom stereocenters. The van der Waals surface area contributed by atoms with Crippen LogP contribution in [0.4, 0.5) is 39.0 Å². The Morgan fingerprint density at radius 1 is 0.735 bits per heavy atom. The van der Waals surface area contributed by atoms with Crippen molar-refractivity contribution in [1.29, 1.82) is 0 Å². The lowest BCUT2D eigenvalue weighted by Gasteiger charge is -2.37. The predicted octanol–water partition coefficient (Wildman–Crippen LogP) is 5.54. The number of benzene rings is 3.